The molecule has 1 aromatic carbocycles. The van der Waals surface area contributed by atoms with Crippen LogP contribution >= 0.6 is 23.4 Å². The van der Waals surface area contributed by atoms with E-state index in [0.29, 0.717) is 10.7 Å². The van der Waals surface area contributed by atoms with Gasteiger partial charge in [-0.2, -0.15) is 5.10 Å². The van der Waals surface area contributed by atoms with E-state index < -0.39 is 0 Å². The smallest absolute Gasteiger partial charge is 0.150 e. The summed E-state index contributed by atoms with van der Waals surface area (Å²) in [6.45, 7) is 0. The molecule has 1 aromatic heterocycles. The largest absolute Gasteiger partial charge is 0.224 e. The van der Waals surface area contributed by atoms with Gasteiger partial charge in [0.25, 0.3) is 0 Å². The molecule has 19 heavy (non-hydrogen) atoms. The highest BCUT2D eigenvalue weighted by molar-refractivity contribution is 7.98. The highest BCUT2D eigenvalue weighted by Crippen LogP contribution is 2.32. The third kappa shape index (κ3) is 2.28. The first-order valence-electron chi connectivity index (χ1n) is 6.31. The number of hydrogen-bond donors (Lipinski definition) is 0. The van der Waals surface area contributed by atoms with Gasteiger partial charge in [-0.05, 0) is 50.1 Å². The number of nitrogens with zero attached hydrogens (tertiary/aromatic N) is 2. The summed E-state index contributed by atoms with van der Waals surface area (Å²) in [5.74, 6) is -0.331. The van der Waals surface area contributed by atoms with Crippen molar-refractivity contribution in [3.05, 3.63) is 40.3 Å². The molecular formula is C14H14ClFN2S. The van der Waals surface area contributed by atoms with Gasteiger partial charge in [0.15, 0.2) is 0 Å². The molecule has 1 aliphatic rings. The minimum atomic E-state index is -0.331. The maximum Gasteiger partial charge on any atom is 0.150 e. The molecule has 0 fully saturated rings. The van der Waals surface area contributed by atoms with Gasteiger partial charge in [0.2, 0.25) is 0 Å². The monoisotopic (exact) mass is 296 g/mol. The van der Waals surface area contributed by atoms with Crippen molar-refractivity contribution in [3.8, 4) is 5.69 Å². The minimum absolute atomic E-state index is 0.331. The standard InChI is InChI=1S/C14H14ClFN2S/c1-19-14-10-4-2-3-5-12(10)17-18(14)13-7-6-9(15)8-11(13)16/h6-8H,2-5H2,1H3. The molecule has 1 aliphatic carbocycles. The first-order valence-corrected chi connectivity index (χ1v) is 7.91. The van der Waals surface area contributed by atoms with Gasteiger partial charge in [-0.3, -0.25) is 0 Å². The van der Waals surface area contributed by atoms with Crippen LogP contribution in [0.25, 0.3) is 5.69 Å². The Balaban J connectivity index is 2.16. The fourth-order valence-corrected chi connectivity index (χ4v) is 3.49. The van der Waals surface area contributed by atoms with E-state index in [0.717, 1.165) is 23.6 Å². The fraction of sp³-hybridized carbons (Fsp3) is 0.357. The predicted octanol–water partition coefficient (Wildman–Crippen LogP) is 4.27. The van der Waals surface area contributed by atoms with Crippen LogP contribution in [0.2, 0.25) is 5.02 Å². The van der Waals surface area contributed by atoms with Gasteiger partial charge >= 0.3 is 0 Å². The van der Waals surface area contributed by atoms with Crippen LogP contribution in [0.3, 0.4) is 0 Å². The average Bonchev–Trinajstić information content (AvgIpc) is 2.76. The van der Waals surface area contributed by atoms with Crippen LogP contribution < -0.4 is 0 Å². The first-order chi connectivity index (χ1) is 9.20. The molecule has 5 heteroatoms. The number of hydrogen-bond acceptors (Lipinski definition) is 2. The minimum Gasteiger partial charge on any atom is -0.224 e. The first kappa shape index (κ1) is 13.0. The molecule has 0 saturated carbocycles. The van der Waals surface area contributed by atoms with Crippen molar-refractivity contribution >= 4 is 23.4 Å². The van der Waals surface area contributed by atoms with Crippen molar-refractivity contribution in [3.63, 3.8) is 0 Å². The van der Waals surface area contributed by atoms with Gasteiger partial charge in [0.05, 0.1) is 5.69 Å². The van der Waals surface area contributed by atoms with Crippen molar-refractivity contribution in [2.45, 2.75) is 30.7 Å². The fourth-order valence-electron chi connectivity index (χ4n) is 2.55. The predicted molar refractivity (Wildman–Crippen MR) is 77.0 cm³/mol. The summed E-state index contributed by atoms with van der Waals surface area (Å²) in [6, 6.07) is 4.72. The Morgan fingerprint density at radius 1 is 1.32 bits per heavy atom. The molecule has 3 rings (SSSR count). The Morgan fingerprint density at radius 2 is 2.11 bits per heavy atom. The van der Waals surface area contributed by atoms with Crippen LogP contribution in [0.5, 0.6) is 0 Å². The second-order valence-corrected chi connectivity index (χ2v) is 5.88. The Hall–Kier alpha value is -1.00. The van der Waals surface area contributed by atoms with Gasteiger partial charge < -0.3 is 0 Å². The topological polar surface area (TPSA) is 17.8 Å². The van der Waals surface area contributed by atoms with Crippen LogP contribution in [-0.2, 0) is 12.8 Å². The highest BCUT2D eigenvalue weighted by atomic mass is 35.5. The molecule has 1 heterocycles. The number of aromatic nitrogens is 2. The van der Waals surface area contributed by atoms with E-state index in [1.54, 1.807) is 28.6 Å². The molecule has 0 unspecified atom stereocenters. The second-order valence-electron chi connectivity index (χ2n) is 4.65. The van der Waals surface area contributed by atoms with Crippen LogP contribution in [0.15, 0.2) is 23.2 Å². The third-order valence-electron chi connectivity index (χ3n) is 3.44. The van der Waals surface area contributed by atoms with E-state index in [2.05, 4.69) is 5.10 Å². The van der Waals surface area contributed by atoms with E-state index in [4.69, 9.17) is 11.6 Å². The van der Waals surface area contributed by atoms with E-state index in [9.17, 15) is 4.39 Å². The Kier molecular flexibility index (Phi) is 3.54. The average molecular weight is 297 g/mol. The lowest BCUT2D eigenvalue weighted by Crippen LogP contribution is -2.01. The summed E-state index contributed by atoms with van der Waals surface area (Å²) in [4.78, 5) is 0. The maximum absolute atomic E-state index is 14.1. The van der Waals surface area contributed by atoms with Gasteiger partial charge in [-0.1, -0.05) is 11.6 Å². The molecule has 0 amide bonds. The van der Waals surface area contributed by atoms with E-state index in [1.807, 2.05) is 6.26 Å². The molecular weight excluding hydrogens is 283 g/mol. The summed E-state index contributed by atoms with van der Waals surface area (Å²) in [5.41, 5.74) is 2.88. The molecule has 2 aromatic rings. The van der Waals surface area contributed by atoms with Crippen LogP contribution in [0.1, 0.15) is 24.1 Å². The van der Waals surface area contributed by atoms with Gasteiger partial charge in [-0.15, -0.1) is 11.8 Å². The number of benzene rings is 1. The molecule has 2 nitrogen and oxygen atoms in total. The molecule has 0 N–H and O–H groups in total. The van der Waals surface area contributed by atoms with Crippen LogP contribution in [0.4, 0.5) is 4.39 Å². The molecule has 0 bridgehead atoms. The SMILES string of the molecule is CSc1c2c(nn1-c1ccc(Cl)cc1F)CCCC2. The molecule has 0 aliphatic heterocycles. The normalized spacial score (nSPS) is 14.5. The van der Waals surface area contributed by atoms with Gasteiger partial charge in [0.1, 0.15) is 16.5 Å². The van der Waals surface area contributed by atoms with E-state index in [-0.39, 0.29) is 5.82 Å². The third-order valence-corrected chi connectivity index (χ3v) is 4.48. The number of thioether (sulfide) groups is 1. The molecule has 0 atom stereocenters. The Bertz CT molecular complexity index is 624. The summed E-state index contributed by atoms with van der Waals surface area (Å²) in [5, 5.41) is 6.05. The lowest BCUT2D eigenvalue weighted by atomic mass is 9.98. The summed E-state index contributed by atoms with van der Waals surface area (Å²) >= 11 is 7.43. The lowest BCUT2D eigenvalue weighted by Gasteiger charge is -2.10. The van der Waals surface area contributed by atoms with Crippen molar-refractivity contribution in [1.82, 2.24) is 9.78 Å². The summed E-state index contributed by atoms with van der Waals surface area (Å²) in [7, 11) is 0. The quantitative estimate of drug-likeness (QED) is 0.770. The van der Waals surface area contributed by atoms with Crippen LogP contribution in [-0.4, -0.2) is 16.0 Å². The second kappa shape index (κ2) is 5.17. The van der Waals surface area contributed by atoms with Gasteiger partial charge in [0, 0.05) is 10.6 Å². The molecule has 0 spiro atoms. The highest BCUT2D eigenvalue weighted by Gasteiger charge is 2.22. The molecule has 0 saturated heterocycles. The number of fused-ring (bicyclic) bond motifs is 1. The van der Waals surface area contributed by atoms with E-state index in [1.165, 1.54) is 24.5 Å². The summed E-state index contributed by atoms with van der Waals surface area (Å²) < 4.78 is 15.8. The number of rotatable bonds is 2. The zero-order valence-corrected chi connectivity index (χ0v) is 12.2. The van der Waals surface area contributed by atoms with Crippen molar-refractivity contribution in [1.29, 1.82) is 0 Å². The zero-order valence-electron chi connectivity index (χ0n) is 10.6. The lowest BCUT2D eigenvalue weighted by molar-refractivity contribution is 0.602. The Labute approximate surface area is 121 Å². The zero-order chi connectivity index (χ0) is 13.4. The number of halogens is 2. The summed E-state index contributed by atoms with van der Waals surface area (Å²) in [6.07, 6.45) is 6.40. The maximum atomic E-state index is 14.1. The van der Waals surface area contributed by atoms with Gasteiger partial charge in [-0.25, -0.2) is 9.07 Å². The molecule has 0 radical (unpaired) electrons. The molecule has 100 valence electrons. The van der Waals surface area contributed by atoms with Crippen molar-refractivity contribution < 1.29 is 4.39 Å². The van der Waals surface area contributed by atoms with Crippen molar-refractivity contribution in [2.24, 2.45) is 0 Å². The number of aryl methyl sites for hydroxylation is 1. The Morgan fingerprint density at radius 3 is 2.84 bits per heavy atom. The van der Waals surface area contributed by atoms with E-state index >= 15 is 0 Å². The van der Waals surface area contributed by atoms with Crippen molar-refractivity contribution in [2.75, 3.05) is 6.26 Å². The van der Waals surface area contributed by atoms with Crippen LogP contribution in [0, 0.1) is 5.82 Å².